The van der Waals surface area contributed by atoms with E-state index in [1.165, 1.54) is 0 Å². The van der Waals surface area contributed by atoms with Crippen LogP contribution in [0.4, 0.5) is 0 Å². The van der Waals surface area contributed by atoms with Gasteiger partial charge in [-0.05, 0) is 47.0 Å². The molecule has 0 amide bonds. The molecule has 2 aromatic carbocycles. The fraction of sp³-hybridized carbons (Fsp3) is 0.240. The molecule has 2 N–H and O–H groups in total. The van der Waals surface area contributed by atoms with Crippen LogP contribution in [0.25, 0.3) is 11.1 Å². The van der Waals surface area contributed by atoms with Gasteiger partial charge in [-0.2, -0.15) is 5.26 Å². The zero-order chi connectivity index (χ0) is 21.9. The van der Waals surface area contributed by atoms with Crippen molar-refractivity contribution in [3.63, 3.8) is 0 Å². The van der Waals surface area contributed by atoms with Gasteiger partial charge in [-0.15, -0.1) is 0 Å². The Hall–Kier alpha value is -3.89. The van der Waals surface area contributed by atoms with Crippen LogP contribution in [0.15, 0.2) is 59.7 Å². The topological polar surface area (TPSA) is 103 Å². The maximum absolute atomic E-state index is 9.29. The van der Waals surface area contributed by atoms with E-state index in [1.54, 1.807) is 6.07 Å². The molecule has 3 aromatic rings. The summed E-state index contributed by atoms with van der Waals surface area (Å²) in [6.07, 6.45) is 1.85. The van der Waals surface area contributed by atoms with Gasteiger partial charge in [0.1, 0.15) is 12.4 Å². The average Bonchev–Trinajstić information content (AvgIpc) is 3.19. The molecule has 1 aromatic heterocycles. The summed E-state index contributed by atoms with van der Waals surface area (Å²) in [5, 5.41) is 9.29. The minimum absolute atomic E-state index is 0.0855. The Kier molecular flexibility index (Phi) is 3.86. The summed E-state index contributed by atoms with van der Waals surface area (Å²) in [6, 6.07) is 17.9. The summed E-state index contributed by atoms with van der Waals surface area (Å²) in [4.78, 5) is 9.40. The highest BCUT2D eigenvalue weighted by Crippen LogP contribution is 2.51. The summed E-state index contributed by atoms with van der Waals surface area (Å²) < 4.78 is 17.3. The molecule has 1 atom stereocenters. The SMILES string of the molecule is CC1(c2cnc3c(c2)[C@]2(COC(N)=N2)c2cc(-c4cccc(C#N)c4)ccc2O3)COC1. The van der Waals surface area contributed by atoms with Crippen molar-refractivity contribution in [3.05, 3.63) is 77.0 Å². The zero-order valence-electron chi connectivity index (χ0n) is 17.5. The fourth-order valence-electron chi connectivity index (χ4n) is 4.58. The van der Waals surface area contributed by atoms with Crippen molar-refractivity contribution < 1.29 is 14.2 Å². The molecule has 7 nitrogen and oxygen atoms in total. The molecule has 3 aliphatic rings. The number of pyridine rings is 1. The summed E-state index contributed by atoms with van der Waals surface area (Å²) in [5.74, 6) is 1.17. The van der Waals surface area contributed by atoms with Crippen LogP contribution in [-0.2, 0) is 20.4 Å². The number of aromatic nitrogens is 1. The van der Waals surface area contributed by atoms with Gasteiger partial charge in [0.2, 0.25) is 5.88 Å². The number of fused-ring (bicyclic) bond motifs is 4. The molecule has 1 spiro atoms. The molecule has 158 valence electrons. The van der Waals surface area contributed by atoms with E-state index in [-0.39, 0.29) is 18.0 Å². The van der Waals surface area contributed by atoms with Gasteiger partial charge in [-0.3, -0.25) is 0 Å². The van der Waals surface area contributed by atoms with E-state index in [0.717, 1.165) is 27.8 Å². The number of nitriles is 1. The molecule has 1 fully saturated rings. The number of nitrogens with two attached hydrogens (primary N) is 1. The van der Waals surface area contributed by atoms with E-state index in [1.807, 2.05) is 42.6 Å². The summed E-state index contributed by atoms with van der Waals surface area (Å²) in [5.41, 5.74) is 10.3. The van der Waals surface area contributed by atoms with Crippen molar-refractivity contribution >= 4 is 6.02 Å². The van der Waals surface area contributed by atoms with Gasteiger partial charge in [0.05, 0.1) is 30.4 Å². The van der Waals surface area contributed by atoms with Crippen molar-refractivity contribution in [1.82, 2.24) is 4.98 Å². The molecule has 0 bridgehead atoms. The number of amidine groups is 1. The Labute approximate surface area is 185 Å². The van der Waals surface area contributed by atoms with E-state index in [2.05, 4.69) is 24.0 Å². The quantitative estimate of drug-likeness (QED) is 0.674. The zero-order valence-corrected chi connectivity index (χ0v) is 17.5. The van der Waals surface area contributed by atoms with Crippen molar-refractivity contribution in [2.24, 2.45) is 10.7 Å². The van der Waals surface area contributed by atoms with Crippen molar-refractivity contribution in [3.8, 4) is 28.8 Å². The van der Waals surface area contributed by atoms with E-state index >= 15 is 0 Å². The fourth-order valence-corrected chi connectivity index (χ4v) is 4.58. The molecule has 4 heterocycles. The van der Waals surface area contributed by atoms with Crippen LogP contribution in [0.3, 0.4) is 0 Å². The molecule has 0 saturated carbocycles. The molecule has 0 aliphatic carbocycles. The monoisotopic (exact) mass is 424 g/mol. The maximum atomic E-state index is 9.29. The van der Waals surface area contributed by atoms with E-state index in [9.17, 15) is 5.26 Å². The Morgan fingerprint density at radius 1 is 1.03 bits per heavy atom. The van der Waals surface area contributed by atoms with Crippen molar-refractivity contribution in [2.75, 3.05) is 19.8 Å². The minimum Gasteiger partial charge on any atom is -0.462 e. The lowest BCUT2D eigenvalue weighted by Gasteiger charge is -2.40. The van der Waals surface area contributed by atoms with Gasteiger partial charge >= 0.3 is 0 Å². The van der Waals surface area contributed by atoms with E-state index in [4.69, 9.17) is 24.9 Å². The molecule has 7 heteroatoms. The van der Waals surface area contributed by atoms with Crippen LogP contribution in [0, 0.1) is 11.3 Å². The first-order valence-electron chi connectivity index (χ1n) is 10.4. The summed E-state index contributed by atoms with van der Waals surface area (Å²) in [7, 11) is 0. The molecule has 1 saturated heterocycles. The standard InChI is InChI=1S/C25H20N4O3/c1-24(12-30-13-24)18-9-20-22(28-11-18)32-21-6-5-17(16-4-2-3-15(7-16)10-26)8-19(21)25(20)14-31-23(27)29-25/h2-9,11H,12-14H2,1H3,(H2,27,29)/t25-/m0/s1. The van der Waals surface area contributed by atoms with Crippen molar-refractivity contribution in [1.29, 1.82) is 5.26 Å². The maximum Gasteiger partial charge on any atom is 0.283 e. The first-order chi connectivity index (χ1) is 15.5. The van der Waals surface area contributed by atoms with Crippen LogP contribution in [0.2, 0.25) is 0 Å². The third-order valence-corrected chi connectivity index (χ3v) is 6.52. The van der Waals surface area contributed by atoms with Crippen LogP contribution in [-0.4, -0.2) is 30.8 Å². The number of rotatable bonds is 2. The molecule has 3 aliphatic heterocycles. The normalized spacial score (nSPS) is 21.9. The predicted molar refractivity (Wildman–Crippen MR) is 117 cm³/mol. The lowest BCUT2D eigenvalue weighted by atomic mass is 9.77. The first kappa shape index (κ1) is 18.8. The largest absolute Gasteiger partial charge is 0.462 e. The van der Waals surface area contributed by atoms with Crippen LogP contribution < -0.4 is 10.5 Å². The molecule has 0 unspecified atom stereocenters. The van der Waals surface area contributed by atoms with Gasteiger partial charge in [-0.1, -0.05) is 25.1 Å². The number of ether oxygens (including phenoxy) is 3. The summed E-state index contributed by atoms with van der Waals surface area (Å²) in [6.45, 7) is 3.73. The van der Waals surface area contributed by atoms with E-state index < -0.39 is 5.54 Å². The number of aliphatic imine (C=N–C) groups is 1. The minimum atomic E-state index is -0.847. The second-order valence-corrected chi connectivity index (χ2v) is 8.73. The van der Waals surface area contributed by atoms with Crippen molar-refractivity contribution in [2.45, 2.75) is 17.9 Å². The summed E-state index contributed by atoms with van der Waals surface area (Å²) >= 11 is 0. The lowest BCUT2D eigenvalue weighted by Crippen LogP contribution is -2.44. The second kappa shape index (κ2) is 6.55. The second-order valence-electron chi connectivity index (χ2n) is 8.73. The van der Waals surface area contributed by atoms with E-state index in [0.29, 0.717) is 30.4 Å². The highest BCUT2D eigenvalue weighted by molar-refractivity contribution is 5.78. The van der Waals surface area contributed by atoms with Gasteiger partial charge < -0.3 is 19.9 Å². The van der Waals surface area contributed by atoms with Crippen LogP contribution >= 0.6 is 0 Å². The Balaban J connectivity index is 1.54. The van der Waals surface area contributed by atoms with Gasteiger partial charge in [0, 0.05) is 17.2 Å². The molecule has 0 radical (unpaired) electrons. The Bertz CT molecular complexity index is 1340. The third kappa shape index (κ3) is 2.63. The smallest absolute Gasteiger partial charge is 0.283 e. The number of hydrogen-bond acceptors (Lipinski definition) is 7. The Morgan fingerprint density at radius 2 is 1.88 bits per heavy atom. The number of hydrogen-bond donors (Lipinski definition) is 1. The number of benzene rings is 2. The molecular formula is C25H20N4O3. The molecular weight excluding hydrogens is 404 g/mol. The third-order valence-electron chi connectivity index (χ3n) is 6.52. The van der Waals surface area contributed by atoms with Crippen LogP contribution in [0.1, 0.15) is 29.2 Å². The first-order valence-corrected chi connectivity index (χ1v) is 10.4. The molecule has 6 rings (SSSR count). The highest BCUT2D eigenvalue weighted by Gasteiger charge is 2.49. The van der Waals surface area contributed by atoms with Gasteiger partial charge in [0.15, 0.2) is 5.54 Å². The number of nitrogens with zero attached hydrogens (tertiary/aromatic N) is 3. The molecule has 32 heavy (non-hydrogen) atoms. The van der Waals surface area contributed by atoms with Gasteiger partial charge in [0.25, 0.3) is 6.02 Å². The Morgan fingerprint density at radius 3 is 2.59 bits per heavy atom. The van der Waals surface area contributed by atoms with Crippen LogP contribution in [0.5, 0.6) is 11.6 Å². The average molecular weight is 424 g/mol. The lowest BCUT2D eigenvalue weighted by molar-refractivity contribution is -0.0502. The van der Waals surface area contributed by atoms with Gasteiger partial charge in [-0.25, -0.2) is 9.98 Å². The predicted octanol–water partition coefficient (Wildman–Crippen LogP) is 3.60. The highest BCUT2D eigenvalue weighted by atomic mass is 16.5.